The van der Waals surface area contributed by atoms with Gasteiger partial charge in [-0.1, -0.05) is 60.1 Å². The number of fused-ring (bicyclic) bond motifs is 2. The zero-order valence-corrected chi connectivity index (χ0v) is 18.4. The molecule has 0 atom stereocenters. The summed E-state index contributed by atoms with van der Waals surface area (Å²) >= 11 is 6.32. The molecule has 1 saturated heterocycles. The third-order valence-corrected chi connectivity index (χ3v) is 6.60. The number of halogens is 1. The Morgan fingerprint density at radius 1 is 0.812 bits per heavy atom. The average molecular weight is 439 g/mol. The van der Waals surface area contributed by atoms with Gasteiger partial charge in [-0.2, -0.15) is 0 Å². The Morgan fingerprint density at radius 3 is 2.50 bits per heavy atom. The van der Waals surface area contributed by atoms with Gasteiger partial charge in [-0.25, -0.2) is 9.97 Å². The van der Waals surface area contributed by atoms with Crippen LogP contribution in [0.15, 0.2) is 79.0 Å². The number of nitrogens with one attached hydrogen (secondary N) is 1. The van der Waals surface area contributed by atoms with Gasteiger partial charge in [0, 0.05) is 28.4 Å². The van der Waals surface area contributed by atoms with Crippen molar-refractivity contribution in [2.45, 2.75) is 18.9 Å². The Kier molecular flexibility index (Phi) is 4.90. The van der Waals surface area contributed by atoms with E-state index >= 15 is 0 Å². The standard InChI is InChI=1S/C27H23ClN4/c28-23-7-3-6-21(15-23)26-31-25-16-22(20-9-8-18-4-1-2-5-19(18)14-20)17-30-27(25)32(26)24-10-12-29-13-11-24/h1-9,14-17,24,29H,10-13H2. The summed E-state index contributed by atoms with van der Waals surface area (Å²) in [6, 6.07) is 25.5. The fourth-order valence-corrected chi connectivity index (χ4v) is 4.94. The van der Waals surface area contributed by atoms with Crippen molar-refractivity contribution in [3.05, 3.63) is 84.0 Å². The molecule has 0 amide bonds. The van der Waals surface area contributed by atoms with Gasteiger partial charge in [-0.15, -0.1) is 0 Å². The highest BCUT2D eigenvalue weighted by Crippen LogP contribution is 2.34. The van der Waals surface area contributed by atoms with Gasteiger partial charge in [0.15, 0.2) is 5.65 Å². The van der Waals surface area contributed by atoms with E-state index in [2.05, 4.69) is 64.5 Å². The van der Waals surface area contributed by atoms with Crippen LogP contribution in [0, 0.1) is 0 Å². The third-order valence-electron chi connectivity index (χ3n) is 6.37. The van der Waals surface area contributed by atoms with E-state index < -0.39 is 0 Å². The van der Waals surface area contributed by atoms with Gasteiger partial charge < -0.3 is 9.88 Å². The molecule has 1 aliphatic heterocycles. The van der Waals surface area contributed by atoms with Crippen molar-refractivity contribution >= 4 is 33.5 Å². The van der Waals surface area contributed by atoms with Crippen LogP contribution in [-0.4, -0.2) is 27.6 Å². The lowest BCUT2D eigenvalue weighted by Gasteiger charge is -2.26. The maximum Gasteiger partial charge on any atom is 0.160 e. The maximum atomic E-state index is 6.32. The quantitative estimate of drug-likeness (QED) is 0.349. The summed E-state index contributed by atoms with van der Waals surface area (Å²) in [5.74, 6) is 0.942. The van der Waals surface area contributed by atoms with Gasteiger partial charge in [-0.3, -0.25) is 0 Å². The van der Waals surface area contributed by atoms with Crippen LogP contribution in [-0.2, 0) is 0 Å². The molecule has 5 heteroatoms. The molecular weight excluding hydrogens is 416 g/mol. The van der Waals surface area contributed by atoms with E-state index in [0.717, 1.165) is 64.6 Å². The highest BCUT2D eigenvalue weighted by molar-refractivity contribution is 6.30. The van der Waals surface area contributed by atoms with Crippen molar-refractivity contribution < 1.29 is 0 Å². The number of hydrogen-bond donors (Lipinski definition) is 1. The van der Waals surface area contributed by atoms with Crippen molar-refractivity contribution in [3.63, 3.8) is 0 Å². The van der Waals surface area contributed by atoms with Gasteiger partial charge >= 0.3 is 0 Å². The zero-order valence-electron chi connectivity index (χ0n) is 17.6. The van der Waals surface area contributed by atoms with Crippen LogP contribution < -0.4 is 5.32 Å². The molecule has 0 spiro atoms. The van der Waals surface area contributed by atoms with E-state index in [0.29, 0.717) is 6.04 Å². The minimum Gasteiger partial charge on any atom is -0.317 e. The first-order valence-electron chi connectivity index (χ1n) is 11.1. The highest BCUT2D eigenvalue weighted by Gasteiger charge is 2.23. The lowest BCUT2D eigenvalue weighted by molar-refractivity contribution is 0.376. The maximum absolute atomic E-state index is 6.32. The van der Waals surface area contributed by atoms with Crippen LogP contribution in [0.5, 0.6) is 0 Å². The summed E-state index contributed by atoms with van der Waals surface area (Å²) in [5.41, 5.74) is 5.12. The predicted molar refractivity (Wildman–Crippen MR) is 132 cm³/mol. The van der Waals surface area contributed by atoms with E-state index in [4.69, 9.17) is 21.6 Å². The molecule has 5 aromatic rings. The minimum absolute atomic E-state index is 0.370. The Labute approximate surface area is 191 Å². The normalized spacial score (nSPS) is 14.9. The second kappa shape index (κ2) is 8.05. The number of benzene rings is 3. The fraction of sp³-hybridized carbons (Fsp3) is 0.185. The molecule has 3 aromatic carbocycles. The van der Waals surface area contributed by atoms with E-state index in [1.165, 1.54) is 10.8 Å². The first kappa shape index (κ1) is 19.5. The summed E-state index contributed by atoms with van der Waals surface area (Å²) in [5, 5.41) is 6.65. The van der Waals surface area contributed by atoms with Crippen LogP contribution in [0.3, 0.4) is 0 Å². The van der Waals surface area contributed by atoms with Crippen LogP contribution in [0.1, 0.15) is 18.9 Å². The molecule has 2 aromatic heterocycles. The molecule has 1 aliphatic rings. The van der Waals surface area contributed by atoms with Gasteiger partial charge in [0.2, 0.25) is 0 Å². The summed E-state index contributed by atoms with van der Waals surface area (Å²) in [6.45, 7) is 2.02. The topological polar surface area (TPSA) is 42.7 Å². The number of aromatic nitrogens is 3. The molecule has 158 valence electrons. The summed E-state index contributed by atoms with van der Waals surface area (Å²) < 4.78 is 2.33. The molecule has 6 rings (SSSR count). The van der Waals surface area contributed by atoms with E-state index in [1.54, 1.807) is 0 Å². The molecule has 0 bridgehead atoms. The Bertz CT molecular complexity index is 1430. The molecule has 0 unspecified atom stereocenters. The molecule has 32 heavy (non-hydrogen) atoms. The third kappa shape index (κ3) is 3.46. The van der Waals surface area contributed by atoms with Gasteiger partial charge in [-0.05, 0) is 66.5 Å². The Morgan fingerprint density at radius 2 is 1.66 bits per heavy atom. The fourth-order valence-electron chi connectivity index (χ4n) is 4.75. The van der Waals surface area contributed by atoms with Crippen molar-refractivity contribution in [3.8, 4) is 22.5 Å². The molecular formula is C27H23ClN4. The highest BCUT2D eigenvalue weighted by atomic mass is 35.5. The summed E-state index contributed by atoms with van der Waals surface area (Å²) in [7, 11) is 0. The largest absolute Gasteiger partial charge is 0.317 e. The number of piperidine rings is 1. The molecule has 0 radical (unpaired) electrons. The zero-order chi connectivity index (χ0) is 21.5. The summed E-state index contributed by atoms with van der Waals surface area (Å²) in [4.78, 5) is 10.00. The van der Waals surface area contributed by atoms with Crippen molar-refractivity contribution in [2.75, 3.05) is 13.1 Å². The van der Waals surface area contributed by atoms with Crippen molar-refractivity contribution in [2.24, 2.45) is 0 Å². The Hall–Kier alpha value is -3.21. The number of pyridine rings is 1. The number of hydrogen-bond acceptors (Lipinski definition) is 3. The van der Waals surface area contributed by atoms with Gasteiger partial charge in [0.25, 0.3) is 0 Å². The minimum atomic E-state index is 0.370. The lowest BCUT2D eigenvalue weighted by Crippen LogP contribution is -2.29. The van der Waals surface area contributed by atoms with E-state index in [-0.39, 0.29) is 0 Å². The first-order valence-corrected chi connectivity index (χ1v) is 11.5. The summed E-state index contributed by atoms with van der Waals surface area (Å²) in [6.07, 6.45) is 4.10. The number of imidazole rings is 1. The number of rotatable bonds is 3. The molecule has 3 heterocycles. The molecule has 0 saturated carbocycles. The van der Waals surface area contributed by atoms with E-state index in [1.807, 2.05) is 24.4 Å². The van der Waals surface area contributed by atoms with Crippen LogP contribution in [0.25, 0.3) is 44.5 Å². The first-order chi connectivity index (χ1) is 15.8. The molecule has 1 N–H and O–H groups in total. The second-order valence-corrected chi connectivity index (χ2v) is 8.86. The molecule has 4 nitrogen and oxygen atoms in total. The Balaban J connectivity index is 1.52. The van der Waals surface area contributed by atoms with E-state index in [9.17, 15) is 0 Å². The van der Waals surface area contributed by atoms with Crippen molar-refractivity contribution in [1.29, 1.82) is 0 Å². The smallest absolute Gasteiger partial charge is 0.160 e. The predicted octanol–water partition coefficient (Wildman–Crippen LogP) is 6.50. The van der Waals surface area contributed by atoms with Gasteiger partial charge in [0.05, 0.1) is 0 Å². The van der Waals surface area contributed by atoms with Crippen LogP contribution in [0.4, 0.5) is 0 Å². The van der Waals surface area contributed by atoms with Gasteiger partial charge in [0.1, 0.15) is 11.3 Å². The SMILES string of the molecule is Clc1cccc(-c2nc3cc(-c4ccc5ccccc5c4)cnc3n2C2CCNCC2)c1. The monoisotopic (exact) mass is 438 g/mol. The average Bonchev–Trinajstić information content (AvgIpc) is 3.23. The molecule has 1 fully saturated rings. The van der Waals surface area contributed by atoms with Crippen LogP contribution >= 0.6 is 11.6 Å². The molecule has 0 aliphatic carbocycles. The second-order valence-electron chi connectivity index (χ2n) is 8.43. The van der Waals surface area contributed by atoms with Crippen molar-refractivity contribution in [1.82, 2.24) is 19.9 Å². The van der Waals surface area contributed by atoms with Crippen LogP contribution in [0.2, 0.25) is 5.02 Å². The number of nitrogens with zero attached hydrogens (tertiary/aromatic N) is 3. The lowest BCUT2D eigenvalue weighted by atomic mass is 10.0.